The van der Waals surface area contributed by atoms with Crippen molar-refractivity contribution in [3.05, 3.63) is 34.7 Å². The Labute approximate surface area is 154 Å². The van der Waals surface area contributed by atoms with Crippen molar-refractivity contribution in [2.75, 3.05) is 13.1 Å². The van der Waals surface area contributed by atoms with Crippen molar-refractivity contribution in [1.29, 1.82) is 0 Å². The quantitative estimate of drug-likeness (QED) is 0.884. The predicted octanol–water partition coefficient (Wildman–Crippen LogP) is 2.28. The molecule has 0 radical (unpaired) electrons. The smallest absolute Gasteiger partial charge is 0.257 e. The average molecular weight is 356 g/mol. The van der Waals surface area contributed by atoms with Gasteiger partial charge in [-0.05, 0) is 19.4 Å². The lowest BCUT2D eigenvalue weighted by molar-refractivity contribution is 0.0729. The molecule has 4 rings (SSSR count). The minimum Gasteiger partial charge on any atom is -0.334 e. The number of piperidine rings is 1. The van der Waals surface area contributed by atoms with E-state index < -0.39 is 0 Å². The van der Waals surface area contributed by atoms with Crippen molar-refractivity contribution in [2.24, 2.45) is 7.05 Å². The highest BCUT2D eigenvalue weighted by molar-refractivity contribution is 5.95. The summed E-state index contributed by atoms with van der Waals surface area (Å²) in [5, 5.41) is 10.7. The van der Waals surface area contributed by atoms with Crippen molar-refractivity contribution in [1.82, 2.24) is 30.0 Å². The third-order valence-electron chi connectivity index (χ3n) is 5.65. The molecule has 1 unspecified atom stereocenters. The van der Waals surface area contributed by atoms with Gasteiger partial charge in [-0.15, -0.1) is 0 Å². The van der Waals surface area contributed by atoms with Gasteiger partial charge in [-0.25, -0.2) is 4.98 Å². The molecule has 140 valence electrons. The number of nitrogens with one attached hydrogen (secondary N) is 2. The highest BCUT2D eigenvalue weighted by atomic mass is 16.2. The molecule has 0 saturated carbocycles. The summed E-state index contributed by atoms with van der Waals surface area (Å²) in [6.07, 6.45) is 5.96. The molecule has 0 bridgehead atoms. The number of imidazole rings is 1. The van der Waals surface area contributed by atoms with Gasteiger partial charge in [-0.3, -0.25) is 9.89 Å². The molecule has 2 N–H and O–H groups in total. The number of rotatable bonds is 3. The van der Waals surface area contributed by atoms with Gasteiger partial charge < -0.3 is 14.8 Å². The molecule has 0 aromatic carbocycles. The van der Waals surface area contributed by atoms with E-state index in [0.29, 0.717) is 18.0 Å². The summed E-state index contributed by atoms with van der Waals surface area (Å²) in [5.41, 5.74) is 3.94. The van der Waals surface area contributed by atoms with Crippen molar-refractivity contribution < 1.29 is 4.79 Å². The van der Waals surface area contributed by atoms with Gasteiger partial charge in [0.2, 0.25) is 0 Å². The van der Waals surface area contributed by atoms with E-state index in [1.807, 2.05) is 4.90 Å². The number of fused-ring (bicyclic) bond motifs is 1. The maximum atomic E-state index is 13.2. The van der Waals surface area contributed by atoms with Gasteiger partial charge in [0.25, 0.3) is 5.91 Å². The Morgan fingerprint density at radius 2 is 2.19 bits per heavy atom. The Bertz CT molecular complexity index is 799. The SMILES string of the molecule is CC(C)c1nc2c(n1C)CCN(C(=O)c1cn[nH]c1C1CCCCN1)C2. The van der Waals surface area contributed by atoms with Crippen LogP contribution in [0.15, 0.2) is 6.20 Å². The Morgan fingerprint density at radius 3 is 2.92 bits per heavy atom. The number of H-pyrrole nitrogens is 1. The zero-order valence-electron chi connectivity index (χ0n) is 15.9. The van der Waals surface area contributed by atoms with Crippen molar-refractivity contribution in [3.63, 3.8) is 0 Å². The molecule has 2 aliphatic rings. The summed E-state index contributed by atoms with van der Waals surface area (Å²) in [6.45, 7) is 6.62. The van der Waals surface area contributed by atoms with E-state index in [0.717, 1.165) is 43.1 Å². The van der Waals surface area contributed by atoms with Crippen LogP contribution >= 0.6 is 0 Å². The van der Waals surface area contributed by atoms with Crippen LogP contribution in [0, 0.1) is 0 Å². The lowest BCUT2D eigenvalue weighted by Crippen LogP contribution is -2.37. The number of amides is 1. The van der Waals surface area contributed by atoms with Crippen LogP contribution in [0.1, 0.15) is 78.3 Å². The van der Waals surface area contributed by atoms with E-state index in [4.69, 9.17) is 4.98 Å². The molecule has 2 aromatic heterocycles. The van der Waals surface area contributed by atoms with Gasteiger partial charge in [0.1, 0.15) is 5.82 Å². The molecule has 4 heterocycles. The Hall–Kier alpha value is -2.15. The highest BCUT2D eigenvalue weighted by Gasteiger charge is 2.30. The van der Waals surface area contributed by atoms with E-state index in [1.54, 1.807) is 6.20 Å². The Balaban J connectivity index is 1.55. The molecular formula is C19H28N6O. The molecule has 26 heavy (non-hydrogen) atoms. The molecule has 0 spiro atoms. The van der Waals surface area contributed by atoms with E-state index in [1.165, 1.54) is 18.5 Å². The molecule has 0 aliphatic carbocycles. The van der Waals surface area contributed by atoms with Crippen molar-refractivity contribution in [2.45, 2.75) is 58.0 Å². The summed E-state index contributed by atoms with van der Waals surface area (Å²) >= 11 is 0. The molecule has 1 fully saturated rings. The molecule has 7 nitrogen and oxygen atoms in total. The van der Waals surface area contributed by atoms with Gasteiger partial charge >= 0.3 is 0 Å². The first-order valence-electron chi connectivity index (χ1n) is 9.66. The first-order valence-corrected chi connectivity index (χ1v) is 9.66. The minimum atomic E-state index is 0.0588. The predicted molar refractivity (Wildman–Crippen MR) is 98.9 cm³/mol. The number of aromatic amines is 1. The van der Waals surface area contributed by atoms with Crippen LogP contribution in [-0.4, -0.2) is 43.6 Å². The maximum absolute atomic E-state index is 13.2. The zero-order valence-corrected chi connectivity index (χ0v) is 15.9. The van der Waals surface area contributed by atoms with Crippen LogP contribution in [0.5, 0.6) is 0 Å². The first kappa shape index (κ1) is 17.3. The number of aromatic nitrogens is 4. The fraction of sp³-hybridized carbons (Fsp3) is 0.632. The van der Waals surface area contributed by atoms with Gasteiger partial charge in [-0.1, -0.05) is 20.3 Å². The second kappa shape index (κ2) is 6.87. The fourth-order valence-electron chi connectivity index (χ4n) is 4.24. The second-order valence-corrected chi connectivity index (χ2v) is 7.75. The van der Waals surface area contributed by atoms with E-state index in [2.05, 4.69) is 41.0 Å². The van der Waals surface area contributed by atoms with Gasteiger partial charge in [0.05, 0.1) is 29.7 Å². The van der Waals surface area contributed by atoms with E-state index in [9.17, 15) is 4.79 Å². The highest BCUT2D eigenvalue weighted by Crippen LogP contribution is 2.27. The topological polar surface area (TPSA) is 78.8 Å². The summed E-state index contributed by atoms with van der Waals surface area (Å²) in [4.78, 5) is 19.9. The number of carbonyl (C=O) groups excluding carboxylic acids is 1. The van der Waals surface area contributed by atoms with E-state index >= 15 is 0 Å². The molecular weight excluding hydrogens is 328 g/mol. The number of hydrogen-bond acceptors (Lipinski definition) is 4. The van der Waals surface area contributed by atoms with Crippen molar-refractivity contribution >= 4 is 5.91 Å². The summed E-state index contributed by atoms with van der Waals surface area (Å²) in [5.74, 6) is 1.54. The largest absolute Gasteiger partial charge is 0.334 e. The van der Waals surface area contributed by atoms with Gasteiger partial charge in [0, 0.05) is 37.7 Å². The molecule has 7 heteroatoms. The third kappa shape index (κ3) is 2.94. The number of carbonyl (C=O) groups is 1. The lowest BCUT2D eigenvalue weighted by atomic mass is 9.99. The van der Waals surface area contributed by atoms with Crippen molar-refractivity contribution in [3.8, 4) is 0 Å². The molecule has 2 aromatic rings. The van der Waals surface area contributed by atoms with Crippen LogP contribution in [0.3, 0.4) is 0 Å². The number of hydrogen-bond donors (Lipinski definition) is 2. The second-order valence-electron chi connectivity index (χ2n) is 7.75. The van der Waals surface area contributed by atoms with Crippen LogP contribution in [0.25, 0.3) is 0 Å². The average Bonchev–Trinajstić information content (AvgIpc) is 3.27. The third-order valence-corrected chi connectivity index (χ3v) is 5.65. The van der Waals surface area contributed by atoms with Gasteiger partial charge in [-0.2, -0.15) is 5.10 Å². The summed E-state index contributed by atoms with van der Waals surface area (Å²) in [7, 11) is 2.08. The first-order chi connectivity index (χ1) is 12.6. The molecule has 1 atom stereocenters. The Morgan fingerprint density at radius 1 is 1.35 bits per heavy atom. The monoisotopic (exact) mass is 356 g/mol. The minimum absolute atomic E-state index is 0.0588. The summed E-state index contributed by atoms with van der Waals surface area (Å²) in [6, 6.07) is 0.202. The van der Waals surface area contributed by atoms with Crippen LogP contribution in [0.2, 0.25) is 0 Å². The molecule has 1 amide bonds. The standard InChI is InChI=1S/C19H28N6O/c1-12(2)18-22-15-11-25(9-7-16(15)24(18)3)19(26)13-10-21-23-17(13)14-6-4-5-8-20-14/h10,12,14,20H,4-9,11H2,1-3H3,(H,21,23). The normalized spacial score (nSPS) is 20.5. The zero-order chi connectivity index (χ0) is 18.3. The fourth-order valence-corrected chi connectivity index (χ4v) is 4.24. The molecule has 1 saturated heterocycles. The van der Waals surface area contributed by atoms with E-state index in [-0.39, 0.29) is 11.9 Å². The lowest BCUT2D eigenvalue weighted by Gasteiger charge is -2.28. The Kier molecular flexibility index (Phi) is 4.56. The van der Waals surface area contributed by atoms with Gasteiger partial charge in [0.15, 0.2) is 0 Å². The van der Waals surface area contributed by atoms with Crippen LogP contribution in [0.4, 0.5) is 0 Å². The maximum Gasteiger partial charge on any atom is 0.257 e. The number of nitrogens with zero attached hydrogens (tertiary/aromatic N) is 4. The summed E-state index contributed by atoms with van der Waals surface area (Å²) < 4.78 is 2.21. The van der Waals surface area contributed by atoms with Crippen LogP contribution < -0.4 is 5.32 Å². The molecule has 2 aliphatic heterocycles. The van der Waals surface area contributed by atoms with Crippen LogP contribution in [-0.2, 0) is 20.0 Å².